The van der Waals surface area contributed by atoms with Gasteiger partial charge in [-0.25, -0.2) is 0 Å². The first kappa shape index (κ1) is 22.6. The summed E-state index contributed by atoms with van der Waals surface area (Å²) in [7, 11) is -4.42. The van der Waals surface area contributed by atoms with Gasteiger partial charge in [-0.15, -0.1) is 0 Å². The van der Waals surface area contributed by atoms with Crippen molar-refractivity contribution in [2.24, 2.45) is 0 Å². The van der Waals surface area contributed by atoms with E-state index in [2.05, 4.69) is 0 Å². The first-order valence-electron chi connectivity index (χ1n) is 9.37. The molecule has 11 heteroatoms. The summed E-state index contributed by atoms with van der Waals surface area (Å²) >= 11 is 6.51. The molecule has 0 aromatic heterocycles. The fourth-order valence-corrected chi connectivity index (χ4v) is 5.43. The lowest BCUT2D eigenvalue weighted by molar-refractivity contribution is -0.387. The van der Waals surface area contributed by atoms with Gasteiger partial charge in [0.05, 0.1) is 15.5 Å². The third kappa shape index (κ3) is 4.80. The standard InChI is InChI=1S/C22H14N2O6S3/c25-21-19(32-22(31)23(21)16-6-2-1-3-7-16)14-15-10-12-17(13-11-15)30-33(28,29)20-9-5-4-8-18(20)24(26)27/h1-14H/b19-14+. The van der Waals surface area contributed by atoms with Gasteiger partial charge >= 0.3 is 10.1 Å². The molecular formula is C22H14N2O6S3. The number of nitro benzene ring substituents is 1. The smallest absolute Gasteiger partial charge is 0.346 e. The van der Waals surface area contributed by atoms with E-state index in [1.54, 1.807) is 30.3 Å². The minimum atomic E-state index is -4.42. The molecule has 0 aliphatic carbocycles. The lowest BCUT2D eigenvalue weighted by Gasteiger charge is -2.13. The zero-order valence-electron chi connectivity index (χ0n) is 16.7. The van der Waals surface area contributed by atoms with Crippen LogP contribution >= 0.6 is 24.0 Å². The number of rotatable bonds is 6. The molecule has 0 bridgehead atoms. The molecule has 4 rings (SSSR count). The molecule has 0 unspecified atom stereocenters. The minimum absolute atomic E-state index is 0.0258. The highest BCUT2D eigenvalue weighted by Gasteiger charge is 2.33. The van der Waals surface area contributed by atoms with Crippen molar-refractivity contribution in [3.8, 4) is 5.75 Å². The molecule has 0 radical (unpaired) electrons. The van der Waals surface area contributed by atoms with Crippen LogP contribution in [0, 0.1) is 10.1 Å². The van der Waals surface area contributed by atoms with Crippen molar-refractivity contribution in [3.63, 3.8) is 0 Å². The molecule has 1 aliphatic heterocycles. The van der Waals surface area contributed by atoms with Gasteiger partial charge in [0.1, 0.15) is 5.75 Å². The van der Waals surface area contributed by atoms with Crippen molar-refractivity contribution in [3.05, 3.63) is 99.4 Å². The van der Waals surface area contributed by atoms with Crippen LogP contribution in [0.2, 0.25) is 0 Å². The number of benzene rings is 3. The third-order valence-corrected chi connectivity index (χ3v) is 7.12. The Hall–Kier alpha value is -3.54. The van der Waals surface area contributed by atoms with E-state index >= 15 is 0 Å². The number of para-hydroxylation sites is 2. The fraction of sp³-hybridized carbons (Fsp3) is 0. The van der Waals surface area contributed by atoms with Crippen LogP contribution in [0.5, 0.6) is 5.75 Å². The third-order valence-electron chi connectivity index (χ3n) is 4.52. The summed E-state index contributed by atoms with van der Waals surface area (Å²) in [4.78, 5) is 24.5. The number of carbonyl (C=O) groups is 1. The Morgan fingerprint density at radius 1 is 0.970 bits per heavy atom. The number of anilines is 1. The quantitative estimate of drug-likeness (QED) is 0.157. The predicted molar refractivity (Wildman–Crippen MR) is 129 cm³/mol. The van der Waals surface area contributed by atoms with E-state index < -0.39 is 25.6 Å². The van der Waals surface area contributed by atoms with Crippen LogP contribution in [-0.4, -0.2) is 23.6 Å². The molecule has 0 spiro atoms. The normalized spacial score (nSPS) is 15.2. The number of thioether (sulfide) groups is 1. The first-order valence-corrected chi connectivity index (χ1v) is 12.0. The van der Waals surface area contributed by atoms with Crippen LogP contribution in [0.1, 0.15) is 5.56 Å². The summed E-state index contributed by atoms with van der Waals surface area (Å²) in [6, 6.07) is 19.9. The van der Waals surface area contributed by atoms with Gasteiger partial charge in [-0.2, -0.15) is 8.42 Å². The zero-order chi connectivity index (χ0) is 23.6. The maximum atomic E-state index is 12.8. The molecule has 1 fully saturated rings. The molecule has 1 aliphatic rings. The van der Waals surface area contributed by atoms with Gasteiger partial charge in [0.2, 0.25) is 0 Å². The van der Waals surface area contributed by atoms with Crippen LogP contribution in [0.3, 0.4) is 0 Å². The van der Waals surface area contributed by atoms with Crippen molar-refractivity contribution in [1.82, 2.24) is 0 Å². The van der Waals surface area contributed by atoms with Crippen LogP contribution < -0.4 is 9.08 Å². The van der Waals surface area contributed by atoms with Crippen molar-refractivity contribution in [2.45, 2.75) is 4.90 Å². The predicted octanol–water partition coefficient (Wildman–Crippen LogP) is 4.77. The molecule has 0 N–H and O–H groups in total. The highest BCUT2D eigenvalue weighted by molar-refractivity contribution is 8.27. The van der Waals surface area contributed by atoms with E-state index in [4.69, 9.17) is 16.4 Å². The van der Waals surface area contributed by atoms with E-state index in [1.807, 2.05) is 18.2 Å². The number of nitro groups is 1. The second-order valence-corrected chi connectivity index (χ2v) is 9.87. The van der Waals surface area contributed by atoms with Crippen molar-refractivity contribution >= 4 is 61.8 Å². The van der Waals surface area contributed by atoms with Crippen molar-refractivity contribution in [1.29, 1.82) is 0 Å². The Labute approximate surface area is 198 Å². The molecule has 1 heterocycles. The fourth-order valence-electron chi connectivity index (χ4n) is 3.03. The Morgan fingerprint density at radius 2 is 1.61 bits per heavy atom. The molecule has 0 atom stereocenters. The summed E-state index contributed by atoms with van der Waals surface area (Å²) in [6.07, 6.45) is 1.64. The largest absolute Gasteiger partial charge is 0.379 e. The molecule has 1 amide bonds. The molecule has 166 valence electrons. The van der Waals surface area contributed by atoms with Crippen LogP contribution in [-0.2, 0) is 14.9 Å². The van der Waals surface area contributed by atoms with Gasteiger partial charge in [-0.05, 0) is 42.0 Å². The number of amides is 1. The Kier molecular flexibility index (Phi) is 6.27. The topological polar surface area (TPSA) is 107 Å². The molecule has 33 heavy (non-hydrogen) atoms. The van der Waals surface area contributed by atoms with Gasteiger partial charge in [0.15, 0.2) is 9.22 Å². The lowest BCUT2D eigenvalue weighted by atomic mass is 10.2. The minimum Gasteiger partial charge on any atom is -0.379 e. The molecule has 3 aromatic carbocycles. The molecule has 3 aromatic rings. The molecule has 1 saturated heterocycles. The second-order valence-electron chi connectivity index (χ2n) is 6.68. The highest BCUT2D eigenvalue weighted by atomic mass is 32.2. The molecule has 8 nitrogen and oxygen atoms in total. The maximum Gasteiger partial charge on any atom is 0.346 e. The Bertz CT molecular complexity index is 1390. The van der Waals surface area contributed by atoms with Gasteiger partial charge in [-0.3, -0.25) is 19.8 Å². The van der Waals surface area contributed by atoms with E-state index in [0.717, 1.165) is 12.1 Å². The number of carbonyl (C=O) groups excluding carboxylic acids is 1. The summed E-state index contributed by atoms with van der Waals surface area (Å²) in [5.74, 6) is -0.280. The summed E-state index contributed by atoms with van der Waals surface area (Å²) in [5, 5.41) is 11.1. The first-order chi connectivity index (χ1) is 15.8. The van der Waals surface area contributed by atoms with Gasteiger partial charge in [0.25, 0.3) is 11.6 Å². The van der Waals surface area contributed by atoms with Gasteiger partial charge in [-0.1, -0.05) is 66.4 Å². The van der Waals surface area contributed by atoms with Crippen LogP contribution in [0.15, 0.2) is 88.7 Å². The monoisotopic (exact) mass is 498 g/mol. The average Bonchev–Trinajstić information content (AvgIpc) is 3.08. The number of hydrogen-bond donors (Lipinski definition) is 0. The Balaban J connectivity index is 1.54. The van der Waals surface area contributed by atoms with Crippen molar-refractivity contribution < 1.29 is 22.3 Å². The van der Waals surface area contributed by atoms with E-state index in [1.165, 1.54) is 40.9 Å². The zero-order valence-corrected chi connectivity index (χ0v) is 19.1. The summed E-state index contributed by atoms with van der Waals surface area (Å²) in [6.45, 7) is 0. The number of hydrogen-bond acceptors (Lipinski definition) is 8. The average molecular weight is 499 g/mol. The maximum absolute atomic E-state index is 12.8. The van der Waals surface area contributed by atoms with E-state index in [-0.39, 0.29) is 11.7 Å². The van der Waals surface area contributed by atoms with Crippen LogP contribution in [0.25, 0.3) is 6.08 Å². The number of thiocarbonyl (C=S) groups is 1. The van der Waals surface area contributed by atoms with Crippen LogP contribution in [0.4, 0.5) is 11.4 Å². The molecule has 0 saturated carbocycles. The number of nitrogens with zero attached hydrogens (tertiary/aromatic N) is 2. The van der Waals surface area contributed by atoms with E-state index in [9.17, 15) is 23.3 Å². The summed E-state index contributed by atoms with van der Waals surface area (Å²) < 4.78 is 30.5. The van der Waals surface area contributed by atoms with Crippen molar-refractivity contribution in [2.75, 3.05) is 4.90 Å². The van der Waals surface area contributed by atoms with E-state index in [0.29, 0.717) is 20.5 Å². The summed E-state index contributed by atoms with van der Waals surface area (Å²) in [5.41, 5.74) is 0.723. The van der Waals surface area contributed by atoms with Gasteiger partial charge < -0.3 is 4.18 Å². The molecular weight excluding hydrogens is 484 g/mol. The highest BCUT2D eigenvalue weighted by Crippen LogP contribution is 2.36. The second kappa shape index (κ2) is 9.14. The van der Waals surface area contributed by atoms with Gasteiger partial charge in [0, 0.05) is 6.07 Å². The lowest BCUT2D eigenvalue weighted by Crippen LogP contribution is -2.27. The Morgan fingerprint density at radius 3 is 2.27 bits per heavy atom. The SMILES string of the molecule is O=C1/C(=C\c2ccc(OS(=O)(=O)c3ccccc3[N+](=O)[O-])cc2)SC(=S)N1c1ccccc1.